The molecule has 200 valence electrons. The maximum Gasteiger partial charge on any atom is 0.345 e. The molecule has 0 unspecified atom stereocenters. The van der Waals surface area contributed by atoms with Crippen molar-refractivity contribution in [3.63, 3.8) is 0 Å². The van der Waals surface area contributed by atoms with Gasteiger partial charge in [0, 0.05) is 10.2 Å². The van der Waals surface area contributed by atoms with Crippen LogP contribution in [0.2, 0.25) is 5.02 Å². The Morgan fingerprint density at radius 1 is 0.750 bits per heavy atom. The Hall–Kier alpha value is -4.80. The molecule has 0 aliphatic heterocycles. The summed E-state index contributed by atoms with van der Waals surface area (Å²) in [4.78, 5) is 49.7. The van der Waals surface area contributed by atoms with Crippen molar-refractivity contribution in [2.45, 2.75) is 0 Å². The van der Waals surface area contributed by atoms with Gasteiger partial charge < -0.3 is 15.4 Å². The standard InChI is InChI=1S/C29H20BrClN4O5/c30-19-11-13-20(14-12-19)33-26(36)23-6-2-4-8-25(23)34-27(37)28(38)35-32-17-18-9-15-21(16-10-18)40-29(39)22-5-1-3-7-24(22)31/h1-17H,(H,33,36)(H,34,37)(H,35,38)/b32-17+. The molecule has 0 aliphatic carbocycles. The van der Waals surface area contributed by atoms with E-state index in [0.717, 1.165) is 4.47 Å². The first-order chi connectivity index (χ1) is 19.3. The maximum absolute atomic E-state index is 12.7. The number of halogens is 2. The minimum Gasteiger partial charge on any atom is -0.423 e. The van der Waals surface area contributed by atoms with Crippen molar-refractivity contribution in [2.24, 2.45) is 5.10 Å². The van der Waals surface area contributed by atoms with Gasteiger partial charge in [-0.15, -0.1) is 0 Å². The average Bonchev–Trinajstić information content (AvgIpc) is 2.95. The zero-order valence-corrected chi connectivity index (χ0v) is 22.9. The number of benzene rings is 4. The molecule has 0 radical (unpaired) electrons. The number of hydrogen-bond acceptors (Lipinski definition) is 6. The van der Waals surface area contributed by atoms with Crippen LogP contribution in [0.4, 0.5) is 11.4 Å². The molecule has 0 spiro atoms. The normalized spacial score (nSPS) is 10.6. The van der Waals surface area contributed by atoms with Crippen molar-refractivity contribution >= 4 is 68.8 Å². The number of esters is 1. The van der Waals surface area contributed by atoms with Crippen LogP contribution in [0, 0.1) is 0 Å². The highest BCUT2D eigenvalue weighted by atomic mass is 79.9. The average molecular weight is 620 g/mol. The third-order valence-corrected chi connectivity index (χ3v) is 6.15. The molecule has 4 rings (SSSR count). The highest BCUT2D eigenvalue weighted by Crippen LogP contribution is 2.20. The fraction of sp³-hybridized carbons (Fsp3) is 0. The molecule has 0 aliphatic rings. The van der Waals surface area contributed by atoms with Crippen LogP contribution in [0.5, 0.6) is 5.75 Å². The van der Waals surface area contributed by atoms with Crippen LogP contribution in [-0.4, -0.2) is 29.9 Å². The van der Waals surface area contributed by atoms with Crippen molar-refractivity contribution < 1.29 is 23.9 Å². The fourth-order valence-corrected chi connectivity index (χ4v) is 3.80. The molecule has 3 amide bonds. The predicted molar refractivity (Wildman–Crippen MR) is 156 cm³/mol. The van der Waals surface area contributed by atoms with E-state index in [2.05, 4.69) is 37.1 Å². The van der Waals surface area contributed by atoms with Gasteiger partial charge in [0.15, 0.2) is 0 Å². The zero-order valence-electron chi connectivity index (χ0n) is 20.6. The summed E-state index contributed by atoms with van der Waals surface area (Å²) < 4.78 is 6.17. The summed E-state index contributed by atoms with van der Waals surface area (Å²) in [5.41, 5.74) is 3.83. The molecule has 4 aromatic rings. The van der Waals surface area contributed by atoms with Gasteiger partial charge in [-0.1, -0.05) is 51.8 Å². The summed E-state index contributed by atoms with van der Waals surface area (Å²) in [6, 6.07) is 26.1. The van der Waals surface area contributed by atoms with Gasteiger partial charge in [-0.25, -0.2) is 10.2 Å². The number of carbonyl (C=O) groups is 4. The van der Waals surface area contributed by atoms with Crippen molar-refractivity contribution in [3.8, 4) is 5.75 Å². The van der Waals surface area contributed by atoms with E-state index in [-0.39, 0.29) is 27.6 Å². The molecule has 0 saturated carbocycles. The lowest BCUT2D eigenvalue weighted by molar-refractivity contribution is -0.136. The Labute approximate surface area is 242 Å². The number of carbonyl (C=O) groups excluding carboxylic acids is 4. The lowest BCUT2D eigenvalue weighted by atomic mass is 10.1. The smallest absolute Gasteiger partial charge is 0.345 e. The molecule has 0 fully saturated rings. The molecular formula is C29H20BrClN4O5. The minimum absolute atomic E-state index is 0.156. The number of anilines is 2. The Kier molecular flexibility index (Phi) is 9.39. The van der Waals surface area contributed by atoms with E-state index in [1.807, 2.05) is 0 Å². The molecule has 40 heavy (non-hydrogen) atoms. The second kappa shape index (κ2) is 13.3. The Morgan fingerprint density at radius 3 is 2.10 bits per heavy atom. The molecule has 0 heterocycles. The highest BCUT2D eigenvalue weighted by Gasteiger charge is 2.18. The number of para-hydroxylation sites is 1. The van der Waals surface area contributed by atoms with Gasteiger partial charge in [0.05, 0.1) is 28.1 Å². The SMILES string of the molecule is O=C(N/N=C/c1ccc(OC(=O)c2ccccc2Cl)cc1)C(=O)Nc1ccccc1C(=O)Nc1ccc(Br)cc1. The van der Waals surface area contributed by atoms with Crippen LogP contribution in [0.25, 0.3) is 0 Å². The molecule has 0 aromatic heterocycles. The van der Waals surface area contributed by atoms with Gasteiger partial charge in [0.2, 0.25) is 0 Å². The number of hydrogen-bond donors (Lipinski definition) is 3. The summed E-state index contributed by atoms with van der Waals surface area (Å²) in [6.07, 6.45) is 1.31. The molecule has 0 atom stereocenters. The number of rotatable bonds is 7. The first-order valence-corrected chi connectivity index (χ1v) is 12.8. The van der Waals surface area contributed by atoms with E-state index >= 15 is 0 Å². The summed E-state index contributed by atoms with van der Waals surface area (Å²) in [7, 11) is 0. The topological polar surface area (TPSA) is 126 Å². The van der Waals surface area contributed by atoms with E-state index in [1.165, 1.54) is 18.3 Å². The third-order valence-electron chi connectivity index (χ3n) is 5.29. The van der Waals surface area contributed by atoms with Crippen LogP contribution in [0.15, 0.2) is 107 Å². The van der Waals surface area contributed by atoms with Crippen LogP contribution in [0.3, 0.4) is 0 Å². The number of nitrogens with zero attached hydrogens (tertiary/aromatic N) is 1. The molecule has 11 heteroatoms. The van der Waals surface area contributed by atoms with E-state index in [0.29, 0.717) is 11.3 Å². The molecule has 0 saturated heterocycles. The van der Waals surface area contributed by atoms with E-state index < -0.39 is 23.7 Å². The molecule has 9 nitrogen and oxygen atoms in total. The molecular weight excluding hydrogens is 600 g/mol. The first-order valence-electron chi connectivity index (χ1n) is 11.7. The van der Waals surface area contributed by atoms with Gasteiger partial charge >= 0.3 is 17.8 Å². The largest absolute Gasteiger partial charge is 0.423 e. The highest BCUT2D eigenvalue weighted by molar-refractivity contribution is 9.10. The fourth-order valence-electron chi connectivity index (χ4n) is 3.33. The molecule has 3 N–H and O–H groups in total. The second-order valence-corrected chi connectivity index (χ2v) is 9.42. The number of ether oxygens (including phenoxy) is 1. The van der Waals surface area contributed by atoms with E-state index in [4.69, 9.17) is 16.3 Å². The zero-order chi connectivity index (χ0) is 28.5. The van der Waals surface area contributed by atoms with Crippen LogP contribution in [-0.2, 0) is 9.59 Å². The predicted octanol–water partition coefficient (Wildman–Crippen LogP) is 5.66. The Bertz CT molecular complexity index is 1590. The van der Waals surface area contributed by atoms with Crippen molar-refractivity contribution in [1.82, 2.24) is 5.43 Å². The van der Waals surface area contributed by atoms with E-state index in [9.17, 15) is 19.2 Å². The number of hydrazone groups is 1. The van der Waals surface area contributed by atoms with Gasteiger partial charge in [-0.05, 0) is 78.4 Å². The van der Waals surface area contributed by atoms with Crippen LogP contribution < -0.4 is 20.8 Å². The van der Waals surface area contributed by atoms with E-state index in [1.54, 1.807) is 84.9 Å². The summed E-state index contributed by atoms with van der Waals surface area (Å²) in [5, 5.41) is 9.23. The summed E-state index contributed by atoms with van der Waals surface area (Å²) in [5.74, 6) is -2.82. The summed E-state index contributed by atoms with van der Waals surface area (Å²) >= 11 is 9.35. The monoisotopic (exact) mass is 618 g/mol. The van der Waals surface area contributed by atoms with Gasteiger partial charge in [0.1, 0.15) is 5.75 Å². The van der Waals surface area contributed by atoms with Crippen LogP contribution >= 0.6 is 27.5 Å². The van der Waals surface area contributed by atoms with Crippen molar-refractivity contribution in [1.29, 1.82) is 0 Å². The van der Waals surface area contributed by atoms with Crippen molar-refractivity contribution in [2.75, 3.05) is 10.6 Å². The third kappa shape index (κ3) is 7.62. The molecule has 0 bridgehead atoms. The summed E-state index contributed by atoms with van der Waals surface area (Å²) in [6.45, 7) is 0. The van der Waals surface area contributed by atoms with Gasteiger partial charge in [0.25, 0.3) is 5.91 Å². The Balaban J connectivity index is 1.31. The lowest BCUT2D eigenvalue weighted by Gasteiger charge is -2.11. The molecule has 4 aromatic carbocycles. The number of nitrogens with one attached hydrogen (secondary N) is 3. The van der Waals surface area contributed by atoms with Gasteiger partial charge in [-0.2, -0.15) is 5.10 Å². The lowest BCUT2D eigenvalue weighted by Crippen LogP contribution is -2.33. The van der Waals surface area contributed by atoms with Crippen LogP contribution in [0.1, 0.15) is 26.3 Å². The van der Waals surface area contributed by atoms with Crippen molar-refractivity contribution in [3.05, 3.63) is 123 Å². The maximum atomic E-state index is 12.7. The quantitative estimate of drug-likeness (QED) is 0.0809. The second-order valence-electron chi connectivity index (χ2n) is 8.10. The number of amides is 3. The first kappa shape index (κ1) is 28.2. The Morgan fingerprint density at radius 2 is 1.40 bits per heavy atom. The minimum atomic E-state index is -1.04. The van der Waals surface area contributed by atoms with Gasteiger partial charge in [-0.3, -0.25) is 14.4 Å².